The zero-order valence-electron chi connectivity index (χ0n) is 22.6. The Labute approximate surface area is 227 Å². The Balaban J connectivity index is 1.48. The Morgan fingerprint density at radius 1 is 1.03 bits per heavy atom. The minimum absolute atomic E-state index is 0.0411. The van der Waals surface area contributed by atoms with Crippen molar-refractivity contribution in [1.82, 2.24) is 15.0 Å². The SMILES string of the molecule is CC1CCCN1c1nc2c(c(Nc3ccc(C(C)(C)CO)cc3)n1)CCN(c1ncccc1C(F)(F)F)CC2. The lowest BCUT2D eigenvalue weighted by Crippen LogP contribution is -2.29. The second-order valence-corrected chi connectivity index (χ2v) is 11.1. The summed E-state index contributed by atoms with van der Waals surface area (Å²) in [7, 11) is 0. The summed E-state index contributed by atoms with van der Waals surface area (Å²) in [6.07, 6.45) is 0.0322. The number of rotatable bonds is 6. The maximum atomic E-state index is 13.7. The maximum absolute atomic E-state index is 13.7. The summed E-state index contributed by atoms with van der Waals surface area (Å²) in [5.41, 5.74) is 2.56. The highest BCUT2D eigenvalue weighted by atomic mass is 19.4. The van der Waals surface area contributed by atoms with Crippen molar-refractivity contribution in [2.45, 2.75) is 64.1 Å². The third-order valence-electron chi connectivity index (χ3n) is 7.86. The van der Waals surface area contributed by atoms with Gasteiger partial charge in [-0.05, 0) is 56.0 Å². The second kappa shape index (κ2) is 10.6. The lowest BCUT2D eigenvalue weighted by atomic mass is 9.85. The highest BCUT2D eigenvalue weighted by Crippen LogP contribution is 2.37. The number of aliphatic hydroxyl groups is 1. The molecule has 5 rings (SSSR count). The van der Waals surface area contributed by atoms with Crippen molar-refractivity contribution >= 4 is 23.3 Å². The lowest BCUT2D eigenvalue weighted by molar-refractivity contribution is -0.137. The molecule has 10 heteroatoms. The van der Waals surface area contributed by atoms with Crippen LogP contribution in [0, 0.1) is 0 Å². The molecule has 208 valence electrons. The molecule has 2 aromatic heterocycles. The molecule has 2 aliphatic heterocycles. The minimum atomic E-state index is -4.48. The van der Waals surface area contributed by atoms with Crippen LogP contribution >= 0.6 is 0 Å². The average Bonchev–Trinajstić information content (AvgIpc) is 3.22. The molecule has 0 radical (unpaired) electrons. The summed E-state index contributed by atoms with van der Waals surface area (Å²) in [6.45, 7) is 7.80. The van der Waals surface area contributed by atoms with Crippen LogP contribution in [0.4, 0.5) is 36.4 Å². The van der Waals surface area contributed by atoms with Crippen molar-refractivity contribution in [3.05, 3.63) is 65.0 Å². The molecule has 39 heavy (non-hydrogen) atoms. The highest BCUT2D eigenvalue weighted by Gasteiger charge is 2.36. The van der Waals surface area contributed by atoms with Crippen LogP contribution < -0.4 is 15.1 Å². The number of hydrogen-bond acceptors (Lipinski definition) is 7. The molecule has 2 N–H and O–H groups in total. The number of nitrogens with one attached hydrogen (secondary N) is 1. The first-order valence-corrected chi connectivity index (χ1v) is 13.5. The highest BCUT2D eigenvalue weighted by molar-refractivity contribution is 5.63. The number of benzene rings is 1. The quantitative estimate of drug-likeness (QED) is 0.428. The fourth-order valence-electron chi connectivity index (χ4n) is 5.36. The average molecular weight is 541 g/mol. The van der Waals surface area contributed by atoms with Crippen LogP contribution in [0.1, 0.15) is 56.0 Å². The van der Waals surface area contributed by atoms with Crippen LogP contribution in [0.5, 0.6) is 0 Å². The van der Waals surface area contributed by atoms with E-state index < -0.39 is 11.7 Å². The van der Waals surface area contributed by atoms with Gasteiger partial charge in [0.25, 0.3) is 0 Å². The van der Waals surface area contributed by atoms with Crippen LogP contribution in [0.25, 0.3) is 0 Å². The van der Waals surface area contributed by atoms with Gasteiger partial charge in [-0.2, -0.15) is 18.2 Å². The molecule has 0 spiro atoms. The van der Waals surface area contributed by atoms with Crippen molar-refractivity contribution in [2.24, 2.45) is 0 Å². The second-order valence-electron chi connectivity index (χ2n) is 11.1. The molecule has 3 aromatic rings. The van der Waals surface area contributed by atoms with E-state index in [4.69, 9.17) is 9.97 Å². The number of aliphatic hydroxyl groups excluding tert-OH is 1. The molecular formula is C29H35F3N6O. The molecule has 1 fully saturated rings. The zero-order chi connectivity index (χ0) is 27.8. The molecule has 0 bridgehead atoms. The van der Waals surface area contributed by atoms with Crippen LogP contribution in [0.2, 0.25) is 0 Å². The number of pyridine rings is 1. The van der Waals surface area contributed by atoms with Gasteiger partial charge in [-0.1, -0.05) is 26.0 Å². The fraction of sp³-hybridized carbons (Fsp3) is 0.483. The van der Waals surface area contributed by atoms with E-state index in [2.05, 4.69) is 22.1 Å². The monoisotopic (exact) mass is 540 g/mol. The molecule has 2 aliphatic rings. The Kier molecular flexibility index (Phi) is 7.41. The molecule has 7 nitrogen and oxygen atoms in total. The molecule has 0 saturated carbocycles. The number of anilines is 4. The predicted octanol–water partition coefficient (Wildman–Crippen LogP) is 5.50. The maximum Gasteiger partial charge on any atom is 0.419 e. The van der Waals surface area contributed by atoms with E-state index in [0.717, 1.165) is 48.0 Å². The van der Waals surface area contributed by atoms with Crippen LogP contribution in [0.3, 0.4) is 0 Å². The summed E-state index contributed by atoms with van der Waals surface area (Å²) in [5, 5.41) is 13.2. The Morgan fingerprint density at radius 2 is 1.77 bits per heavy atom. The predicted molar refractivity (Wildman–Crippen MR) is 147 cm³/mol. The minimum Gasteiger partial charge on any atom is -0.395 e. The fourth-order valence-corrected chi connectivity index (χ4v) is 5.36. The summed E-state index contributed by atoms with van der Waals surface area (Å²) in [5.74, 6) is 1.29. The molecule has 1 unspecified atom stereocenters. The standard InChI is InChI=1S/C29H35F3N6O/c1-19-6-5-15-38(19)27-35-24-13-17-37(26-23(29(30,31)32)7-4-14-33-26)16-12-22(24)25(36-27)34-21-10-8-20(9-11-21)28(2,3)18-39/h4,7-11,14,19,39H,5-6,12-13,15-18H2,1-3H3,(H,34,35,36). The van der Waals surface area contributed by atoms with Gasteiger partial charge in [0.15, 0.2) is 0 Å². The van der Waals surface area contributed by atoms with Crippen molar-refractivity contribution in [3.63, 3.8) is 0 Å². The summed E-state index contributed by atoms with van der Waals surface area (Å²) in [4.78, 5) is 17.9. The van der Waals surface area contributed by atoms with Crippen LogP contribution in [0.15, 0.2) is 42.6 Å². The van der Waals surface area contributed by atoms with Gasteiger partial charge in [-0.25, -0.2) is 9.97 Å². The van der Waals surface area contributed by atoms with Gasteiger partial charge in [-0.3, -0.25) is 0 Å². The van der Waals surface area contributed by atoms with Crippen LogP contribution in [-0.2, 0) is 24.4 Å². The van der Waals surface area contributed by atoms with E-state index in [-0.39, 0.29) is 17.8 Å². The number of halogens is 3. The van der Waals surface area contributed by atoms with E-state index in [1.54, 1.807) is 4.90 Å². The van der Waals surface area contributed by atoms with Crippen molar-refractivity contribution in [2.75, 3.05) is 41.4 Å². The van der Waals surface area contributed by atoms with Gasteiger partial charge in [0.2, 0.25) is 5.95 Å². The number of nitrogens with zero attached hydrogens (tertiary/aromatic N) is 5. The Morgan fingerprint density at radius 3 is 2.44 bits per heavy atom. The van der Waals surface area contributed by atoms with Gasteiger partial charge in [0.1, 0.15) is 11.6 Å². The van der Waals surface area contributed by atoms with Gasteiger partial charge in [0.05, 0.1) is 17.9 Å². The van der Waals surface area contributed by atoms with E-state index in [9.17, 15) is 18.3 Å². The third-order valence-corrected chi connectivity index (χ3v) is 7.86. The van der Waals surface area contributed by atoms with Gasteiger partial charge in [0, 0.05) is 55.0 Å². The summed E-state index contributed by atoms with van der Waals surface area (Å²) in [6, 6.07) is 10.6. The zero-order valence-corrected chi connectivity index (χ0v) is 22.6. The van der Waals surface area contributed by atoms with Crippen LogP contribution in [-0.4, -0.2) is 52.3 Å². The number of alkyl halides is 3. The molecule has 0 aliphatic carbocycles. The lowest BCUT2D eigenvalue weighted by Gasteiger charge is -2.24. The topological polar surface area (TPSA) is 77.4 Å². The van der Waals surface area contributed by atoms with Crippen molar-refractivity contribution in [1.29, 1.82) is 0 Å². The Bertz CT molecular complexity index is 1310. The molecule has 0 amide bonds. The van der Waals surface area contributed by atoms with Crippen molar-refractivity contribution in [3.8, 4) is 0 Å². The normalized spacial score (nSPS) is 18.2. The van der Waals surface area contributed by atoms with E-state index in [1.807, 2.05) is 38.1 Å². The summed E-state index contributed by atoms with van der Waals surface area (Å²) < 4.78 is 41.2. The first-order valence-electron chi connectivity index (χ1n) is 13.5. The number of fused-ring (bicyclic) bond motifs is 1. The first-order chi connectivity index (χ1) is 18.6. The molecular weight excluding hydrogens is 505 g/mol. The van der Waals surface area contributed by atoms with Gasteiger partial charge >= 0.3 is 6.18 Å². The largest absolute Gasteiger partial charge is 0.419 e. The molecule has 4 heterocycles. The molecule has 1 aromatic carbocycles. The van der Waals surface area contributed by atoms with E-state index in [1.165, 1.54) is 12.3 Å². The van der Waals surface area contributed by atoms with Gasteiger partial charge in [-0.15, -0.1) is 0 Å². The first kappa shape index (κ1) is 27.2. The molecule has 1 saturated heterocycles. The molecule has 1 atom stereocenters. The van der Waals surface area contributed by atoms with E-state index in [0.29, 0.717) is 43.7 Å². The summed E-state index contributed by atoms with van der Waals surface area (Å²) >= 11 is 0. The van der Waals surface area contributed by atoms with Gasteiger partial charge < -0.3 is 20.2 Å². The smallest absolute Gasteiger partial charge is 0.395 e. The number of hydrogen-bond donors (Lipinski definition) is 2. The third kappa shape index (κ3) is 5.66. The van der Waals surface area contributed by atoms with E-state index >= 15 is 0 Å². The Hall–Kier alpha value is -3.40. The van der Waals surface area contributed by atoms with Crippen molar-refractivity contribution < 1.29 is 18.3 Å². The number of aromatic nitrogens is 3.